The lowest BCUT2D eigenvalue weighted by molar-refractivity contribution is 0.372. The molecule has 0 aromatic heterocycles. The van der Waals surface area contributed by atoms with Crippen LogP contribution in [0.15, 0.2) is 18.2 Å². The number of phenolic OH excluding ortho intramolecular Hbond substituents is 1. The molecule has 3 heteroatoms. The highest BCUT2D eigenvalue weighted by Crippen LogP contribution is 2.26. The van der Waals surface area contributed by atoms with Crippen LogP contribution in [-0.4, -0.2) is 18.3 Å². The van der Waals surface area contributed by atoms with Crippen LogP contribution in [0.25, 0.3) is 0 Å². The minimum absolute atomic E-state index is 0.190. The fraction of sp³-hybridized carbons (Fsp3) is 0.571. The summed E-state index contributed by atoms with van der Waals surface area (Å²) in [5.41, 5.74) is 1.13. The van der Waals surface area contributed by atoms with Crippen molar-refractivity contribution < 1.29 is 9.84 Å². The third-order valence-corrected chi connectivity index (χ3v) is 2.89. The van der Waals surface area contributed by atoms with Crippen molar-refractivity contribution in [1.29, 1.82) is 0 Å². The van der Waals surface area contributed by atoms with E-state index < -0.39 is 0 Å². The summed E-state index contributed by atoms with van der Waals surface area (Å²) in [6.07, 6.45) is 3.69. The van der Waals surface area contributed by atoms with E-state index in [9.17, 15) is 5.11 Å². The van der Waals surface area contributed by atoms with Crippen LogP contribution in [-0.2, 0) is 6.54 Å². The van der Waals surface area contributed by atoms with E-state index in [-0.39, 0.29) is 5.75 Å². The molecule has 0 fully saturated rings. The molecule has 0 heterocycles. The maximum atomic E-state index is 9.48. The SMILES string of the molecule is CCCCC(C)NCc1ccc(O)c(OC)c1. The van der Waals surface area contributed by atoms with Gasteiger partial charge in [0, 0.05) is 12.6 Å². The molecule has 0 bridgehead atoms. The van der Waals surface area contributed by atoms with Crippen molar-refractivity contribution in [1.82, 2.24) is 5.32 Å². The van der Waals surface area contributed by atoms with Crippen LogP contribution in [0.3, 0.4) is 0 Å². The zero-order chi connectivity index (χ0) is 12.7. The Morgan fingerprint density at radius 1 is 1.41 bits per heavy atom. The number of hydrogen-bond acceptors (Lipinski definition) is 3. The number of rotatable bonds is 7. The molecule has 1 aromatic carbocycles. The fourth-order valence-electron chi connectivity index (χ4n) is 1.74. The molecule has 0 saturated heterocycles. The number of hydrogen-bond donors (Lipinski definition) is 2. The van der Waals surface area contributed by atoms with Crippen molar-refractivity contribution in [3.63, 3.8) is 0 Å². The molecular weight excluding hydrogens is 214 g/mol. The minimum Gasteiger partial charge on any atom is -0.504 e. The van der Waals surface area contributed by atoms with Crippen LogP contribution < -0.4 is 10.1 Å². The fourth-order valence-corrected chi connectivity index (χ4v) is 1.74. The van der Waals surface area contributed by atoms with E-state index >= 15 is 0 Å². The molecule has 96 valence electrons. The Morgan fingerprint density at radius 2 is 2.18 bits per heavy atom. The normalized spacial score (nSPS) is 12.4. The van der Waals surface area contributed by atoms with Crippen molar-refractivity contribution in [3.05, 3.63) is 23.8 Å². The average Bonchev–Trinajstić information content (AvgIpc) is 2.35. The summed E-state index contributed by atoms with van der Waals surface area (Å²) >= 11 is 0. The van der Waals surface area contributed by atoms with Gasteiger partial charge in [0.15, 0.2) is 11.5 Å². The first-order valence-corrected chi connectivity index (χ1v) is 6.26. The second kappa shape index (κ2) is 7.17. The van der Waals surface area contributed by atoms with Gasteiger partial charge >= 0.3 is 0 Å². The van der Waals surface area contributed by atoms with Gasteiger partial charge in [0.05, 0.1) is 7.11 Å². The molecule has 1 aromatic rings. The van der Waals surface area contributed by atoms with Crippen LogP contribution >= 0.6 is 0 Å². The van der Waals surface area contributed by atoms with Crippen molar-refractivity contribution in [2.75, 3.05) is 7.11 Å². The van der Waals surface area contributed by atoms with Gasteiger partial charge in [-0.05, 0) is 31.0 Å². The van der Waals surface area contributed by atoms with Gasteiger partial charge in [-0.2, -0.15) is 0 Å². The quantitative estimate of drug-likeness (QED) is 0.765. The molecule has 17 heavy (non-hydrogen) atoms. The molecule has 0 aliphatic rings. The van der Waals surface area contributed by atoms with E-state index in [0.29, 0.717) is 11.8 Å². The van der Waals surface area contributed by atoms with Crippen molar-refractivity contribution >= 4 is 0 Å². The van der Waals surface area contributed by atoms with E-state index in [1.807, 2.05) is 12.1 Å². The maximum Gasteiger partial charge on any atom is 0.160 e. The number of nitrogens with one attached hydrogen (secondary N) is 1. The highest BCUT2D eigenvalue weighted by Gasteiger charge is 2.04. The molecular formula is C14H23NO2. The van der Waals surface area contributed by atoms with Crippen LogP contribution in [0, 0.1) is 0 Å². The highest BCUT2D eigenvalue weighted by molar-refractivity contribution is 5.41. The molecule has 1 atom stereocenters. The first-order valence-electron chi connectivity index (χ1n) is 6.26. The number of phenols is 1. The van der Waals surface area contributed by atoms with E-state index in [0.717, 1.165) is 12.1 Å². The summed E-state index contributed by atoms with van der Waals surface area (Å²) in [6, 6.07) is 5.98. The lowest BCUT2D eigenvalue weighted by atomic mass is 10.1. The van der Waals surface area contributed by atoms with Crippen molar-refractivity contribution in [2.45, 2.75) is 45.7 Å². The molecule has 3 nitrogen and oxygen atoms in total. The molecule has 1 unspecified atom stereocenters. The smallest absolute Gasteiger partial charge is 0.160 e. The monoisotopic (exact) mass is 237 g/mol. The second-order valence-electron chi connectivity index (χ2n) is 4.43. The molecule has 2 N–H and O–H groups in total. The Hall–Kier alpha value is -1.22. The third kappa shape index (κ3) is 4.65. The van der Waals surface area contributed by atoms with Crippen LogP contribution in [0.1, 0.15) is 38.7 Å². The van der Waals surface area contributed by atoms with E-state index in [4.69, 9.17) is 4.74 Å². The number of methoxy groups -OCH3 is 1. The Bertz CT molecular complexity index is 339. The average molecular weight is 237 g/mol. The first kappa shape index (κ1) is 13.8. The lowest BCUT2D eigenvalue weighted by Gasteiger charge is -2.14. The minimum atomic E-state index is 0.190. The number of ether oxygens (including phenoxy) is 1. The van der Waals surface area contributed by atoms with Crippen LogP contribution in [0.5, 0.6) is 11.5 Å². The summed E-state index contributed by atoms with van der Waals surface area (Å²) < 4.78 is 5.08. The van der Waals surface area contributed by atoms with Gasteiger partial charge in [0.2, 0.25) is 0 Å². The van der Waals surface area contributed by atoms with E-state index in [1.54, 1.807) is 13.2 Å². The van der Waals surface area contributed by atoms with Crippen molar-refractivity contribution in [3.8, 4) is 11.5 Å². The largest absolute Gasteiger partial charge is 0.504 e. The van der Waals surface area contributed by atoms with E-state index in [1.165, 1.54) is 19.3 Å². The van der Waals surface area contributed by atoms with Gasteiger partial charge in [-0.1, -0.05) is 25.8 Å². The second-order valence-corrected chi connectivity index (χ2v) is 4.43. The molecule has 0 amide bonds. The van der Waals surface area contributed by atoms with E-state index in [2.05, 4.69) is 19.2 Å². The third-order valence-electron chi connectivity index (χ3n) is 2.89. The number of unbranched alkanes of at least 4 members (excludes halogenated alkanes) is 1. The Kier molecular flexibility index (Phi) is 5.84. The van der Waals surface area contributed by atoms with Gasteiger partial charge in [-0.3, -0.25) is 0 Å². The molecule has 0 saturated carbocycles. The van der Waals surface area contributed by atoms with Gasteiger partial charge in [-0.15, -0.1) is 0 Å². The Balaban J connectivity index is 2.46. The topological polar surface area (TPSA) is 41.5 Å². The predicted octanol–water partition coefficient (Wildman–Crippen LogP) is 3.07. The zero-order valence-corrected chi connectivity index (χ0v) is 11.0. The molecule has 0 radical (unpaired) electrons. The summed E-state index contributed by atoms with van der Waals surface area (Å²) in [5, 5.41) is 13.0. The highest BCUT2D eigenvalue weighted by atomic mass is 16.5. The predicted molar refractivity (Wildman–Crippen MR) is 70.5 cm³/mol. The van der Waals surface area contributed by atoms with Gasteiger partial charge in [0.25, 0.3) is 0 Å². The first-order chi connectivity index (χ1) is 8.17. The number of benzene rings is 1. The Morgan fingerprint density at radius 3 is 2.82 bits per heavy atom. The molecule has 0 aliphatic carbocycles. The summed E-state index contributed by atoms with van der Waals surface area (Å²) in [4.78, 5) is 0. The Labute approximate surface area is 104 Å². The zero-order valence-electron chi connectivity index (χ0n) is 11.0. The molecule has 0 spiro atoms. The lowest BCUT2D eigenvalue weighted by Crippen LogP contribution is -2.25. The number of aromatic hydroxyl groups is 1. The maximum absolute atomic E-state index is 9.48. The van der Waals surface area contributed by atoms with Gasteiger partial charge in [-0.25, -0.2) is 0 Å². The van der Waals surface area contributed by atoms with Crippen molar-refractivity contribution in [2.24, 2.45) is 0 Å². The summed E-state index contributed by atoms with van der Waals surface area (Å²) in [5.74, 6) is 0.723. The standard InChI is InChI=1S/C14H23NO2/c1-4-5-6-11(2)15-10-12-7-8-13(16)14(9-12)17-3/h7-9,11,15-16H,4-6,10H2,1-3H3. The molecule has 0 aliphatic heterocycles. The molecule has 1 rings (SSSR count). The van der Waals surface area contributed by atoms with Gasteiger partial charge in [0.1, 0.15) is 0 Å². The van der Waals surface area contributed by atoms with Gasteiger partial charge < -0.3 is 15.2 Å². The summed E-state index contributed by atoms with van der Waals surface area (Å²) in [6.45, 7) is 5.21. The van der Waals surface area contributed by atoms with Crippen LogP contribution in [0.4, 0.5) is 0 Å². The summed E-state index contributed by atoms with van der Waals surface area (Å²) in [7, 11) is 1.57. The van der Waals surface area contributed by atoms with Crippen LogP contribution in [0.2, 0.25) is 0 Å².